The van der Waals surface area contributed by atoms with Crippen molar-refractivity contribution in [3.8, 4) is 5.69 Å². The van der Waals surface area contributed by atoms with E-state index in [-0.39, 0.29) is 23.8 Å². The van der Waals surface area contributed by atoms with Crippen molar-refractivity contribution in [2.24, 2.45) is 0 Å². The van der Waals surface area contributed by atoms with Gasteiger partial charge >= 0.3 is 0 Å². The minimum absolute atomic E-state index is 0.0417. The molecule has 182 valence electrons. The van der Waals surface area contributed by atoms with E-state index in [2.05, 4.69) is 15.6 Å². The lowest BCUT2D eigenvalue weighted by Crippen LogP contribution is -2.30. The Labute approximate surface area is 214 Å². The highest BCUT2D eigenvalue weighted by Crippen LogP contribution is 2.43. The number of para-hydroxylation sites is 1. The fourth-order valence-electron chi connectivity index (χ4n) is 4.61. The molecule has 6 nitrogen and oxygen atoms in total. The molecule has 1 fully saturated rings. The number of carbonyl (C=O) groups excluding carboxylic acids is 1. The highest BCUT2D eigenvalue weighted by Gasteiger charge is 2.42. The van der Waals surface area contributed by atoms with Crippen molar-refractivity contribution in [3.05, 3.63) is 108 Å². The number of hydrogen-bond donors (Lipinski definition) is 2. The molecule has 0 radical (unpaired) electrons. The molecular formula is C28H26FN5OS. The third-order valence-electron chi connectivity index (χ3n) is 6.38. The number of carbonyl (C=O) groups is 1. The maximum Gasteiger partial charge on any atom is 0.224 e. The van der Waals surface area contributed by atoms with E-state index in [0.29, 0.717) is 17.2 Å². The smallest absolute Gasteiger partial charge is 0.224 e. The van der Waals surface area contributed by atoms with Gasteiger partial charge in [0.05, 0.1) is 17.4 Å². The second-order valence-corrected chi connectivity index (χ2v) is 9.04. The van der Waals surface area contributed by atoms with Gasteiger partial charge in [0.25, 0.3) is 0 Å². The van der Waals surface area contributed by atoms with E-state index in [1.807, 2.05) is 84.1 Å². The van der Waals surface area contributed by atoms with Crippen LogP contribution in [-0.2, 0) is 4.79 Å². The SMILES string of the molecule is CCC(=O)Nc1ccc(N2C(=S)NC(c3ccccn3)C2c2cccn2-c2ccccc2F)cc1C. The van der Waals surface area contributed by atoms with Crippen molar-refractivity contribution in [2.45, 2.75) is 32.4 Å². The Morgan fingerprint density at radius 3 is 2.64 bits per heavy atom. The molecule has 2 aromatic carbocycles. The van der Waals surface area contributed by atoms with E-state index in [9.17, 15) is 9.18 Å². The van der Waals surface area contributed by atoms with Gasteiger partial charge in [-0.3, -0.25) is 9.78 Å². The molecule has 8 heteroatoms. The minimum Gasteiger partial charge on any atom is -0.351 e. The standard InChI is InChI=1S/C28H26FN5OS/c1-3-25(35)31-21-14-13-19(17-18(21)2)34-27(26(32-28(34)36)22-10-6-7-15-30-22)24-12-8-16-33(24)23-11-5-4-9-20(23)29/h4-17,26-27H,3H2,1-2H3,(H,31,35)(H,32,36). The van der Waals surface area contributed by atoms with Crippen molar-refractivity contribution in [1.82, 2.24) is 14.9 Å². The maximum atomic E-state index is 14.8. The summed E-state index contributed by atoms with van der Waals surface area (Å²) >= 11 is 5.84. The molecule has 4 aromatic rings. The van der Waals surface area contributed by atoms with Crippen LogP contribution in [0.5, 0.6) is 0 Å². The molecule has 36 heavy (non-hydrogen) atoms. The van der Waals surface area contributed by atoms with Crippen molar-refractivity contribution in [3.63, 3.8) is 0 Å². The van der Waals surface area contributed by atoms with Crippen LogP contribution in [0.4, 0.5) is 15.8 Å². The number of hydrogen-bond acceptors (Lipinski definition) is 3. The molecule has 1 amide bonds. The highest BCUT2D eigenvalue weighted by molar-refractivity contribution is 7.80. The van der Waals surface area contributed by atoms with E-state index in [1.54, 1.807) is 18.3 Å². The predicted octanol–water partition coefficient (Wildman–Crippen LogP) is 5.85. The number of aryl methyl sites for hydroxylation is 1. The van der Waals surface area contributed by atoms with Crippen LogP contribution >= 0.6 is 12.2 Å². The lowest BCUT2D eigenvalue weighted by atomic mass is 10.00. The maximum absolute atomic E-state index is 14.8. The molecule has 5 rings (SSSR count). The van der Waals surface area contributed by atoms with Gasteiger partial charge in [-0.2, -0.15) is 0 Å². The summed E-state index contributed by atoms with van der Waals surface area (Å²) in [4.78, 5) is 18.6. The number of aromatic nitrogens is 2. The average molecular weight is 500 g/mol. The Morgan fingerprint density at radius 1 is 1.11 bits per heavy atom. The van der Waals surface area contributed by atoms with Gasteiger partial charge in [0.2, 0.25) is 5.91 Å². The van der Waals surface area contributed by atoms with Gasteiger partial charge in [0.15, 0.2) is 5.11 Å². The van der Waals surface area contributed by atoms with Crippen molar-refractivity contribution in [1.29, 1.82) is 0 Å². The second-order valence-electron chi connectivity index (χ2n) is 8.65. The zero-order chi connectivity index (χ0) is 25.2. The zero-order valence-electron chi connectivity index (χ0n) is 20.0. The lowest BCUT2D eigenvalue weighted by Gasteiger charge is -2.29. The first kappa shape index (κ1) is 23.7. The molecule has 0 spiro atoms. The molecule has 3 heterocycles. The molecule has 2 unspecified atom stereocenters. The molecule has 2 atom stereocenters. The number of amides is 1. The van der Waals surface area contributed by atoms with Crippen molar-refractivity contribution in [2.75, 3.05) is 10.2 Å². The Kier molecular flexibility index (Phi) is 6.52. The zero-order valence-corrected chi connectivity index (χ0v) is 20.8. The molecule has 0 saturated carbocycles. The second kappa shape index (κ2) is 9.91. The van der Waals surface area contributed by atoms with E-state index in [4.69, 9.17) is 12.2 Å². The van der Waals surface area contributed by atoms with Crippen LogP contribution in [0, 0.1) is 12.7 Å². The molecule has 1 aliphatic heterocycles. The fourth-order valence-corrected chi connectivity index (χ4v) is 4.96. The molecule has 0 aliphatic carbocycles. The summed E-state index contributed by atoms with van der Waals surface area (Å²) in [5.74, 6) is -0.351. The summed E-state index contributed by atoms with van der Waals surface area (Å²) in [5, 5.41) is 6.92. The molecule has 0 bridgehead atoms. The van der Waals surface area contributed by atoms with Crippen LogP contribution in [0.1, 0.15) is 42.4 Å². The monoisotopic (exact) mass is 499 g/mol. The summed E-state index contributed by atoms with van der Waals surface area (Å²) in [6, 6.07) is 21.6. The number of nitrogens with zero attached hydrogens (tertiary/aromatic N) is 3. The number of pyridine rings is 1. The van der Waals surface area contributed by atoms with E-state index in [0.717, 1.165) is 28.3 Å². The summed E-state index contributed by atoms with van der Waals surface area (Å²) in [5.41, 5.74) is 4.70. The first-order valence-corrected chi connectivity index (χ1v) is 12.2. The van der Waals surface area contributed by atoms with E-state index < -0.39 is 0 Å². The van der Waals surface area contributed by atoms with Crippen LogP contribution < -0.4 is 15.5 Å². The van der Waals surface area contributed by atoms with Gasteiger partial charge in [0.1, 0.15) is 11.9 Å². The largest absolute Gasteiger partial charge is 0.351 e. The van der Waals surface area contributed by atoms with Gasteiger partial charge < -0.3 is 20.1 Å². The van der Waals surface area contributed by atoms with Gasteiger partial charge in [-0.15, -0.1) is 0 Å². The number of rotatable bonds is 6. The summed E-state index contributed by atoms with van der Waals surface area (Å²) in [7, 11) is 0. The molecule has 2 N–H and O–H groups in total. The number of anilines is 2. The topological polar surface area (TPSA) is 62.2 Å². The van der Waals surface area contributed by atoms with Gasteiger partial charge in [-0.05, 0) is 79.3 Å². The van der Waals surface area contributed by atoms with Crippen molar-refractivity contribution < 1.29 is 9.18 Å². The van der Waals surface area contributed by atoms with Gasteiger partial charge in [-0.1, -0.05) is 25.1 Å². The van der Waals surface area contributed by atoms with Gasteiger partial charge in [0, 0.05) is 35.9 Å². The normalized spacial score (nSPS) is 17.2. The Balaban J connectivity index is 1.63. The molecule has 2 aromatic heterocycles. The number of benzene rings is 2. The van der Waals surface area contributed by atoms with Crippen LogP contribution in [0.25, 0.3) is 5.69 Å². The average Bonchev–Trinajstić information content (AvgIpc) is 3.50. The first-order valence-electron chi connectivity index (χ1n) is 11.8. The van der Waals surface area contributed by atoms with E-state index >= 15 is 0 Å². The summed E-state index contributed by atoms with van der Waals surface area (Å²) in [6.45, 7) is 3.77. The quantitative estimate of drug-likeness (QED) is 0.326. The van der Waals surface area contributed by atoms with E-state index in [1.165, 1.54) is 6.07 Å². The Hall–Kier alpha value is -4.04. The third kappa shape index (κ3) is 4.35. The van der Waals surface area contributed by atoms with Crippen LogP contribution in [0.3, 0.4) is 0 Å². The third-order valence-corrected chi connectivity index (χ3v) is 6.69. The Morgan fingerprint density at radius 2 is 1.92 bits per heavy atom. The predicted molar refractivity (Wildman–Crippen MR) is 144 cm³/mol. The number of halogens is 1. The van der Waals surface area contributed by atoms with Crippen LogP contribution in [0.2, 0.25) is 0 Å². The van der Waals surface area contributed by atoms with Crippen LogP contribution in [-0.4, -0.2) is 20.6 Å². The van der Waals surface area contributed by atoms with Gasteiger partial charge in [-0.25, -0.2) is 4.39 Å². The first-order chi connectivity index (χ1) is 17.5. The van der Waals surface area contributed by atoms with Crippen molar-refractivity contribution >= 4 is 34.6 Å². The minimum atomic E-state index is -0.309. The summed E-state index contributed by atoms with van der Waals surface area (Å²) < 4.78 is 16.7. The summed E-state index contributed by atoms with van der Waals surface area (Å²) in [6.07, 6.45) is 4.02. The Bertz CT molecular complexity index is 1420. The molecular weight excluding hydrogens is 473 g/mol. The fraction of sp³-hybridized carbons (Fsp3) is 0.179. The lowest BCUT2D eigenvalue weighted by molar-refractivity contribution is -0.115. The molecule has 1 aliphatic rings. The van der Waals surface area contributed by atoms with Crippen LogP contribution in [0.15, 0.2) is 85.2 Å². The molecule has 1 saturated heterocycles. The highest BCUT2D eigenvalue weighted by atomic mass is 32.1. The number of nitrogens with one attached hydrogen (secondary N) is 2. The number of thiocarbonyl (C=S) groups is 1.